The molecule has 0 aromatic heterocycles. The van der Waals surface area contributed by atoms with Gasteiger partial charge >= 0.3 is 12.0 Å². The fourth-order valence-corrected chi connectivity index (χ4v) is 5.55. The fraction of sp³-hybridized carbons (Fsp3) is 0.353. The summed E-state index contributed by atoms with van der Waals surface area (Å²) >= 11 is 6.09. The molecular formula is C34H39ClN4O6. The van der Waals surface area contributed by atoms with E-state index in [2.05, 4.69) is 10.6 Å². The number of benzene rings is 3. The van der Waals surface area contributed by atoms with Crippen molar-refractivity contribution in [3.05, 3.63) is 83.4 Å². The van der Waals surface area contributed by atoms with Gasteiger partial charge in [0.1, 0.15) is 5.75 Å². The van der Waals surface area contributed by atoms with E-state index in [4.69, 9.17) is 21.4 Å². The summed E-state index contributed by atoms with van der Waals surface area (Å²) in [5.74, 6) is -0.928. The predicted molar refractivity (Wildman–Crippen MR) is 175 cm³/mol. The Morgan fingerprint density at radius 2 is 1.64 bits per heavy atom. The summed E-state index contributed by atoms with van der Waals surface area (Å²) in [5.41, 5.74) is 2.11. The summed E-state index contributed by atoms with van der Waals surface area (Å²) < 4.78 is 6.00. The van der Waals surface area contributed by atoms with Crippen LogP contribution in [0.4, 0.5) is 21.9 Å². The molecule has 238 valence electrons. The molecule has 1 aliphatic rings. The van der Waals surface area contributed by atoms with Crippen LogP contribution in [-0.4, -0.2) is 55.7 Å². The Bertz CT molecular complexity index is 1490. The van der Waals surface area contributed by atoms with Gasteiger partial charge in [0.15, 0.2) is 6.61 Å². The van der Waals surface area contributed by atoms with Gasteiger partial charge in [0, 0.05) is 30.0 Å². The van der Waals surface area contributed by atoms with Crippen LogP contribution >= 0.6 is 11.6 Å². The summed E-state index contributed by atoms with van der Waals surface area (Å²) in [6.45, 7) is -0.0820. The number of urea groups is 1. The lowest BCUT2D eigenvalue weighted by atomic mass is 9.99. The molecule has 3 aromatic rings. The van der Waals surface area contributed by atoms with Gasteiger partial charge in [-0.25, -0.2) is 4.79 Å². The molecule has 0 atom stereocenters. The van der Waals surface area contributed by atoms with Crippen LogP contribution in [0.2, 0.25) is 5.02 Å². The number of nitrogens with zero attached hydrogens (tertiary/aromatic N) is 2. The first-order chi connectivity index (χ1) is 21.7. The molecule has 0 spiro atoms. The molecule has 1 saturated carbocycles. The molecule has 0 aliphatic heterocycles. The van der Waals surface area contributed by atoms with Gasteiger partial charge in [0.25, 0.3) is 5.91 Å². The number of ether oxygens (including phenoxy) is 1. The third-order valence-electron chi connectivity index (χ3n) is 7.73. The molecule has 0 heterocycles. The van der Waals surface area contributed by atoms with Crippen LogP contribution in [0.1, 0.15) is 44.1 Å². The molecular weight excluding hydrogens is 596 g/mol. The van der Waals surface area contributed by atoms with Gasteiger partial charge in [0.2, 0.25) is 5.91 Å². The molecule has 4 rings (SSSR count). The van der Waals surface area contributed by atoms with Crippen molar-refractivity contribution in [2.75, 3.05) is 41.9 Å². The topological polar surface area (TPSA) is 128 Å². The minimum atomic E-state index is -0.974. The molecule has 4 amide bonds. The van der Waals surface area contributed by atoms with E-state index in [9.17, 15) is 19.2 Å². The van der Waals surface area contributed by atoms with Crippen LogP contribution in [0.25, 0.3) is 0 Å². The number of carbonyl (C=O) groups is 4. The van der Waals surface area contributed by atoms with Crippen LogP contribution in [0.5, 0.6) is 5.75 Å². The van der Waals surface area contributed by atoms with Crippen molar-refractivity contribution in [2.45, 2.75) is 44.9 Å². The van der Waals surface area contributed by atoms with Crippen LogP contribution in [-0.2, 0) is 20.8 Å². The molecule has 1 aliphatic carbocycles. The highest BCUT2D eigenvalue weighted by molar-refractivity contribution is 6.30. The van der Waals surface area contributed by atoms with Crippen molar-refractivity contribution in [1.82, 2.24) is 5.32 Å². The minimum absolute atomic E-state index is 0.171. The second-order valence-corrected chi connectivity index (χ2v) is 11.6. The molecule has 0 bridgehead atoms. The normalized spacial score (nSPS) is 13.3. The van der Waals surface area contributed by atoms with Crippen molar-refractivity contribution < 1.29 is 29.0 Å². The predicted octanol–water partition coefficient (Wildman–Crippen LogP) is 6.13. The van der Waals surface area contributed by atoms with Crippen molar-refractivity contribution in [1.29, 1.82) is 0 Å². The highest BCUT2D eigenvalue weighted by Gasteiger charge is 2.25. The Balaban J connectivity index is 1.46. The minimum Gasteiger partial charge on any atom is -0.482 e. The zero-order valence-electron chi connectivity index (χ0n) is 25.3. The summed E-state index contributed by atoms with van der Waals surface area (Å²) in [5, 5.41) is 14.9. The zero-order chi connectivity index (χ0) is 32.2. The number of halogens is 1. The summed E-state index contributed by atoms with van der Waals surface area (Å²) in [4.78, 5) is 53.6. The SMILES string of the molecule is CN(C(=O)COc1ccccc1N(CC1CCCCCC1)C(=O)CNC(=O)Nc1cccc(CC(=O)O)c1)c1cccc(Cl)c1. The van der Waals surface area contributed by atoms with Crippen LogP contribution < -0.4 is 25.2 Å². The maximum Gasteiger partial charge on any atom is 0.319 e. The second kappa shape index (κ2) is 16.5. The lowest BCUT2D eigenvalue weighted by Gasteiger charge is -2.29. The largest absolute Gasteiger partial charge is 0.482 e. The fourth-order valence-electron chi connectivity index (χ4n) is 5.37. The lowest BCUT2D eigenvalue weighted by Crippen LogP contribution is -2.43. The number of carboxylic acids is 1. The van der Waals surface area contributed by atoms with E-state index in [0.29, 0.717) is 39.9 Å². The Morgan fingerprint density at radius 1 is 0.911 bits per heavy atom. The summed E-state index contributed by atoms with van der Waals surface area (Å²) in [7, 11) is 1.64. The standard InChI is InChI=1S/C34H39ClN4O6/c1-38(28-15-9-13-26(35)20-28)32(41)23-45-30-17-7-6-16-29(30)39(22-24-10-4-2-3-5-11-24)31(40)21-36-34(44)37-27-14-8-12-25(18-27)19-33(42)43/h6-9,12-18,20,24H,2-5,10-11,19,21-23H2,1H3,(H,42,43)(H2,36,37,44). The molecule has 0 saturated heterocycles. The molecule has 10 nitrogen and oxygen atoms in total. The van der Waals surface area contributed by atoms with Gasteiger partial charge in [-0.2, -0.15) is 0 Å². The van der Waals surface area contributed by atoms with Crippen LogP contribution in [0, 0.1) is 5.92 Å². The third kappa shape index (κ3) is 10.2. The molecule has 1 fully saturated rings. The van der Waals surface area contributed by atoms with Crippen molar-refractivity contribution in [2.24, 2.45) is 5.92 Å². The number of rotatable bonds is 12. The molecule has 11 heteroatoms. The van der Waals surface area contributed by atoms with Gasteiger partial charge in [-0.3, -0.25) is 14.4 Å². The summed E-state index contributed by atoms with van der Waals surface area (Å²) in [6.07, 6.45) is 6.35. The zero-order valence-corrected chi connectivity index (χ0v) is 26.1. The van der Waals surface area contributed by atoms with E-state index in [-0.39, 0.29) is 37.3 Å². The number of anilines is 3. The number of carboxylic acid groups (broad SMARTS) is 1. The number of hydrogen-bond donors (Lipinski definition) is 3. The highest BCUT2D eigenvalue weighted by atomic mass is 35.5. The molecule has 3 aromatic carbocycles. The van der Waals surface area contributed by atoms with E-state index in [1.54, 1.807) is 84.7 Å². The highest BCUT2D eigenvalue weighted by Crippen LogP contribution is 2.32. The monoisotopic (exact) mass is 634 g/mol. The number of carbonyl (C=O) groups excluding carboxylic acids is 3. The van der Waals surface area contributed by atoms with E-state index in [1.165, 1.54) is 17.7 Å². The first kappa shape index (κ1) is 33.3. The molecule has 45 heavy (non-hydrogen) atoms. The Kier molecular flexibility index (Phi) is 12.2. The first-order valence-corrected chi connectivity index (χ1v) is 15.5. The van der Waals surface area contributed by atoms with Crippen LogP contribution in [0.3, 0.4) is 0 Å². The van der Waals surface area contributed by atoms with E-state index >= 15 is 0 Å². The van der Waals surface area contributed by atoms with Gasteiger partial charge in [-0.05, 0) is 66.8 Å². The van der Waals surface area contributed by atoms with Gasteiger partial charge in [-0.1, -0.05) is 67.6 Å². The molecule has 0 radical (unpaired) electrons. The maximum atomic E-state index is 13.7. The van der Waals surface area contributed by atoms with Crippen molar-refractivity contribution >= 4 is 52.5 Å². The van der Waals surface area contributed by atoms with Gasteiger partial charge in [0.05, 0.1) is 18.7 Å². The third-order valence-corrected chi connectivity index (χ3v) is 7.97. The lowest BCUT2D eigenvalue weighted by molar-refractivity contribution is -0.136. The van der Waals surface area contributed by atoms with Crippen molar-refractivity contribution in [3.63, 3.8) is 0 Å². The quantitative estimate of drug-likeness (QED) is 0.206. The maximum absolute atomic E-state index is 13.7. The Labute approximate surface area is 268 Å². The van der Waals surface area contributed by atoms with Crippen molar-refractivity contribution in [3.8, 4) is 5.75 Å². The Hall–Kier alpha value is -4.57. The average molecular weight is 635 g/mol. The molecule has 3 N–H and O–H groups in total. The van der Waals surface area contributed by atoms with Gasteiger partial charge < -0.3 is 30.3 Å². The van der Waals surface area contributed by atoms with E-state index < -0.39 is 12.0 Å². The first-order valence-electron chi connectivity index (χ1n) is 15.1. The number of para-hydroxylation sites is 2. The average Bonchev–Trinajstić information content (AvgIpc) is 3.30. The van der Waals surface area contributed by atoms with Gasteiger partial charge in [-0.15, -0.1) is 0 Å². The van der Waals surface area contributed by atoms with E-state index in [1.807, 2.05) is 0 Å². The van der Waals surface area contributed by atoms with Crippen LogP contribution in [0.15, 0.2) is 72.8 Å². The smallest absolute Gasteiger partial charge is 0.319 e. The summed E-state index contributed by atoms with van der Waals surface area (Å²) in [6, 6.07) is 20.0. The number of nitrogens with one attached hydrogen (secondary N) is 2. The van der Waals surface area contributed by atoms with E-state index in [0.717, 1.165) is 25.7 Å². The number of amides is 4. The molecule has 0 unspecified atom stereocenters. The second-order valence-electron chi connectivity index (χ2n) is 11.1. The number of aliphatic carboxylic acids is 1. The number of likely N-dealkylation sites (N-methyl/N-ethyl adjacent to an activating group) is 1. The Morgan fingerprint density at radius 3 is 2.38 bits per heavy atom. The number of hydrogen-bond acceptors (Lipinski definition) is 5.